The number of aryl methyl sites for hydroxylation is 1. The number of hydrogen-bond donors (Lipinski definition) is 1. The van der Waals surface area contributed by atoms with E-state index in [-0.39, 0.29) is 17.7 Å². The summed E-state index contributed by atoms with van der Waals surface area (Å²) in [5.74, 6) is 0.100. The van der Waals surface area contributed by atoms with Crippen molar-refractivity contribution in [3.8, 4) is 0 Å². The molecular formula is C17H20N2O2S2. The van der Waals surface area contributed by atoms with Crippen LogP contribution in [0.15, 0.2) is 29.0 Å². The first-order chi connectivity index (χ1) is 11.1. The Kier molecular flexibility index (Phi) is 5.13. The maximum Gasteiger partial charge on any atom is 0.317 e. The summed E-state index contributed by atoms with van der Waals surface area (Å²) in [7, 11) is 0. The predicted octanol–water partition coefficient (Wildman–Crippen LogP) is 3.92. The van der Waals surface area contributed by atoms with Crippen LogP contribution < -0.4 is 5.32 Å². The van der Waals surface area contributed by atoms with Crippen LogP contribution in [0, 0.1) is 12.8 Å². The average Bonchev–Trinajstić information content (AvgIpc) is 3.24. The van der Waals surface area contributed by atoms with Gasteiger partial charge in [0.1, 0.15) is 0 Å². The van der Waals surface area contributed by atoms with Crippen molar-refractivity contribution >= 4 is 34.5 Å². The Morgan fingerprint density at radius 2 is 2.17 bits per heavy atom. The normalized spacial score (nSPS) is 18.0. The lowest BCUT2D eigenvalue weighted by molar-refractivity contribution is 0.0850. The van der Waals surface area contributed by atoms with Crippen molar-refractivity contribution < 1.29 is 9.59 Å². The molecular weight excluding hydrogens is 328 g/mol. The minimum absolute atomic E-state index is 0.0681. The molecule has 23 heavy (non-hydrogen) atoms. The number of nitrogens with one attached hydrogen (secondary N) is 1. The third kappa shape index (κ3) is 3.82. The maximum atomic E-state index is 12.5. The van der Waals surface area contributed by atoms with Gasteiger partial charge in [-0.3, -0.25) is 4.79 Å². The van der Waals surface area contributed by atoms with Gasteiger partial charge in [-0.1, -0.05) is 6.07 Å². The summed E-state index contributed by atoms with van der Waals surface area (Å²) in [5, 5.41) is 6.93. The zero-order valence-electron chi connectivity index (χ0n) is 13.1. The average molecular weight is 348 g/mol. The van der Waals surface area contributed by atoms with Crippen LogP contribution >= 0.6 is 22.7 Å². The van der Waals surface area contributed by atoms with E-state index in [9.17, 15) is 9.59 Å². The molecule has 1 atom stereocenters. The quantitative estimate of drug-likeness (QED) is 0.851. The Balaban J connectivity index is 1.56. The minimum Gasteiger partial charge on any atom is -0.333 e. The highest BCUT2D eigenvalue weighted by atomic mass is 32.1. The first-order valence-corrected chi connectivity index (χ1v) is 9.54. The Morgan fingerprint density at radius 1 is 1.30 bits per heavy atom. The van der Waals surface area contributed by atoms with Crippen molar-refractivity contribution in [3.63, 3.8) is 0 Å². The summed E-state index contributed by atoms with van der Waals surface area (Å²) in [6.45, 7) is 3.85. The number of ketones is 1. The molecule has 1 unspecified atom stereocenters. The molecule has 1 aliphatic heterocycles. The highest BCUT2D eigenvalue weighted by molar-refractivity contribution is 7.12. The number of piperidine rings is 1. The number of amides is 2. The minimum atomic E-state index is -0.0726. The molecule has 1 aliphatic rings. The molecule has 4 nitrogen and oxygen atoms in total. The molecule has 3 heterocycles. The molecule has 2 amide bonds. The van der Waals surface area contributed by atoms with Gasteiger partial charge < -0.3 is 10.2 Å². The molecule has 3 rings (SSSR count). The number of urea groups is 1. The lowest BCUT2D eigenvalue weighted by Gasteiger charge is -2.31. The van der Waals surface area contributed by atoms with Gasteiger partial charge in [0.05, 0.1) is 11.4 Å². The van der Waals surface area contributed by atoms with Crippen LogP contribution in [0.3, 0.4) is 0 Å². The molecule has 0 bridgehead atoms. The van der Waals surface area contributed by atoms with Crippen molar-refractivity contribution in [1.82, 2.24) is 10.2 Å². The van der Waals surface area contributed by atoms with E-state index in [2.05, 4.69) is 18.3 Å². The lowest BCUT2D eigenvalue weighted by atomic mass is 9.93. The van der Waals surface area contributed by atoms with E-state index in [4.69, 9.17) is 0 Å². The third-order valence-corrected chi connectivity index (χ3v) is 6.12. The van der Waals surface area contributed by atoms with Gasteiger partial charge in [0.2, 0.25) is 0 Å². The highest BCUT2D eigenvalue weighted by Crippen LogP contribution is 2.23. The van der Waals surface area contributed by atoms with Gasteiger partial charge in [-0.2, -0.15) is 0 Å². The molecule has 2 aromatic rings. The summed E-state index contributed by atoms with van der Waals surface area (Å²) in [5.41, 5.74) is 1.21. The highest BCUT2D eigenvalue weighted by Gasteiger charge is 2.29. The number of hydrogen-bond acceptors (Lipinski definition) is 4. The van der Waals surface area contributed by atoms with Crippen molar-refractivity contribution in [2.45, 2.75) is 26.3 Å². The summed E-state index contributed by atoms with van der Waals surface area (Å²) in [6, 6.07) is 5.75. The molecule has 0 radical (unpaired) electrons. The molecule has 0 aliphatic carbocycles. The monoisotopic (exact) mass is 348 g/mol. The van der Waals surface area contributed by atoms with Crippen LogP contribution in [0.5, 0.6) is 0 Å². The largest absolute Gasteiger partial charge is 0.333 e. The summed E-state index contributed by atoms with van der Waals surface area (Å²) in [6.07, 6.45) is 1.75. The van der Waals surface area contributed by atoms with Crippen molar-refractivity contribution in [1.29, 1.82) is 0 Å². The van der Waals surface area contributed by atoms with E-state index in [0.29, 0.717) is 13.1 Å². The summed E-state index contributed by atoms with van der Waals surface area (Å²) < 4.78 is 0. The second-order valence-electron chi connectivity index (χ2n) is 5.81. The Morgan fingerprint density at radius 3 is 2.87 bits per heavy atom. The van der Waals surface area contributed by atoms with Crippen molar-refractivity contribution in [2.24, 2.45) is 5.92 Å². The van der Waals surface area contributed by atoms with E-state index in [1.54, 1.807) is 16.2 Å². The van der Waals surface area contributed by atoms with Crippen LogP contribution in [0.1, 0.15) is 33.0 Å². The second kappa shape index (κ2) is 7.27. The van der Waals surface area contributed by atoms with Crippen LogP contribution in [-0.2, 0) is 6.54 Å². The molecule has 6 heteroatoms. The number of carbonyl (C=O) groups is 2. The Hall–Kier alpha value is -1.66. The fourth-order valence-electron chi connectivity index (χ4n) is 2.85. The molecule has 2 aromatic heterocycles. The summed E-state index contributed by atoms with van der Waals surface area (Å²) >= 11 is 3.13. The van der Waals surface area contributed by atoms with E-state index >= 15 is 0 Å². The standard InChI is InChI=1S/C17H20N2O2S2/c1-12-6-9-23-15(12)10-18-17(21)19-7-2-4-13(11-19)16(20)14-5-3-8-22-14/h3,5-6,8-9,13H,2,4,7,10-11H2,1H3,(H,18,21). The van der Waals surface area contributed by atoms with E-state index < -0.39 is 0 Å². The fourth-order valence-corrected chi connectivity index (χ4v) is 4.44. The smallest absolute Gasteiger partial charge is 0.317 e. The van der Waals surface area contributed by atoms with E-state index in [1.807, 2.05) is 22.9 Å². The van der Waals surface area contributed by atoms with Crippen LogP contribution in [0.25, 0.3) is 0 Å². The van der Waals surface area contributed by atoms with Gasteiger partial charge >= 0.3 is 6.03 Å². The van der Waals surface area contributed by atoms with Crippen molar-refractivity contribution in [2.75, 3.05) is 13.1 Å². The first-order valence-electron chi connectivity index (χ1n) is 7.78. The van der Waals surface area contributed by atoms with E-state index in [1.165, 1.54) is 21.8 Å². The first kappa shape index (κ1) is 16.2. The zero-order valence-corrected chi connectivity index (χ0v) is 14.7. The second-order valence-corrected chi connectivity index (χ2v) is 7.76. The number of likely N-dealkylation sites (tertiary alicyclic amines) is 1. The van der Waals surface area contributed by atoms with Crippen LogP contribution in [0.2, 0.25) is 0 Å². The van der Waals surface area contributed by atoms with Gasteiger partial charge in [-0.25, -0.2) is 4.79 Å². The van der Waals surface area contributed by atoms with Gasteiger partial charge in [-0.15, -0.1) is 22.7 Å². The number of carbonyl (C=O) groups excluding carboxylic acids is 2. The SMILES string of the molecule is Cc1ccsc1CNC(=O)N1CCCC(C(=O)c2cccs2)C1. The van der Waals surface area contributed by atoms with Gasteiger partial charge in [-0.05, 0) is 48.2 Å². The van der Waals surface area contributed by atoms with E-state index in [0.717, 1.165) is 24.3 Å². The number of rotatable bonds is 4. The summed E-state index contributed by atoms with van der Waals surface area (Å²) in [4.78, 5) is 28.6. The van der Waals surface area contributed by atoms with Gasteiger partial charge in [0.25, 0.3) is 0 Å². The molecule has 0 aromatic carbocycles. The number of nitrogens with zero attached hydrogens (tertiary/aromatic N) is 1. The topological polar surface area (TPSA) is 49.4 Å². The number of thiophene rings is 2. The molecule has 0 saturated carbocycles. The molecule has 1 fully saturated rings. The van der Waals surface area contributed by atoms with Crippen molar-refractivity contribution in [3.05, 3.63) is 44.3 Å². The molecule has 122 valence electrons. The number of Topliss-reactive ketones (excluding diaryl/α,β-unsaturated/α-hetero) is 1. The third-order valence-electron chi connectivity index (χ3n) is 4.21. The van der Waals surface area contributed by atoms with Gasteiger partial charge in [0, 0.05) is 23.9 Å². The molecule has 1 saturated heterocycles. The maximum absolute atomic E-state index is 12.5. The lowest BCUT2D eigenvalue weighted by Crippen LogP contribution is -2.46. The fraction of sp³-hybridized carbons (Fsp3) is 0.412. The predicted molar refractivity (Wildman–Crippen MR) is 94.2 cm³/mol. The molecule has 0 spiro atoms. The van der Waals surface area contributed by atoms with Gasteiger partial charge in [0.15, 0.2) is 5.78 Å². The Bertz CT molecular complexity index is 679. The molecule has 1 N–H and O–H groups in total. The van der Waals surface area contributed by atoms with Crippen LogP contribution in [-0.4, -0.2) is 29.8 Å². The zero-order chi connectivity index (χ0) is 16.2. The Labute approximate surface area is 144 Å². The van der Waals surface area contributed by atoms with Crippen LogP contribution in [0.4, 0.5) is 4.79 Å².